The maximum atomic E-state index is 12.5. The Balaban J connectivity index is 2.56. The van der Waals surface area contributed by atoms with Gasteiger partial charge in [0.05, 0.1) is 5.92 Å². The summed E-state index contributed by atoms with van der Waals surface area (Å²) in [6.07, 6.45) is 4.38. The Hall–Kier alpha value is -0.570. The lowest BCUT2D eigenvalue weighted by Gasteiger charge is -2.28. The summed E-state index contributed by atoms with van der Waals surface area (Å²) in [6, 6.07) is 0.512. The predicted octanol–water partition coefficient (Wildman–Crippen LogP) is 2.64. The van der Waals surface area contributed by atoms with E-state index in [1.54, 1.807) is 0 Å². The third kappa shape index (κ3) is 4.97. The Morgan fingerprint density at radius 2 is 1.83 bits per heavy atom. The van der Waals surface area contributed by atoms with Crippen molar-refractivity contribution in [1.82, 2.24) is 4.90 Å². The number of nitrogens with zero attached hydrogens (tertiary/aromatic N) is 1. The predicted molar refractivity (Wildman–Crippen MR) is 76.2 cm³/mol. The summed E-state index contributed by atoms with van der Waals surface area (Å²) in [5.41, 5.74) is 5.79. The van der Waals surface area contributed by atoms with Crippen molar-refractivity contribution < 1.29 is 4.79 Å². The molecule has 0 aromatic rings. The molecule has 3 nitrogen and oxygen atoms in total. The van der Waals surface area contributed by atoms with Crippen LogP contribution < -0.4 is 5.73 Å². The summed E-state index contributed by atoms with van der Waals surface area (Å²) >= 11 is 0. The van der Waals surface area contributed by atoms with Gasteiger partial charge in [-0.05, 0) is 37.5 Å². The van der Waals surface area contributed by atoms with E-state index in [-0.39, 0.29) is 5.92 Å². The van der Waals surface area contributed by atoms with Crippen LogP contribution in [0.1, 0.15) is 53.4 Å². The van der Waals surface area contributed by atoms with Crippen molar-refractivity contribution in [2.75, 3.05) is 13.1 Å². The number of rotatable bonds is 8. The van der Waals surface area contributed by atoms with Crippen molar-refractivity contribution in [2.24, 2.45) is 23.5 Å². The molecule has 0 bridgehead atoms. The zero-order chi connectivity index (χ0) is 13.7. The molecule has 0 aromatic carbocycles. The molecule has 0 aliphatic heterocycles. The normalized spacial score (nSPS) is 17.3. The SMILES string of the molecule is CC(C)CCN(C(=O)C(CN)CC(C)C)C1CC1. The Kier molecular flexibility index (Phi) is 6.13. The van der Waals surface area contributed by atoms with Crippen LogP contribution in [0.25, 0.3) is 0 Å². The van der Waals surface area contributed by atoms with Crippen LogP contribution in [0.3, 0.4) is 0 Å². The summed E-state index contributed by atoms with van der Waals surface area (Å²) in [7, 11) is 0. The van der Waals surface area contributed by atoms with Gasteiger partial charge in [-0.1, -0.05) is 27.7 Å². The highest BCUT2D eigenvalue weighted by Gasteiger charge is 2.35. The minimum Gasteiger partial charge on any atom is -0.339 e. The Morgan fingerprint density at radius 3 is 2.22 bits per heavy atom. The Morgan fingerprint density at radius 1 is 1.22 bits per heavy atom. The second-order valence-corrected chi connectivity index (χ2v) is 6.51. The largest absolute Gasteiger partial charge is 0.339 e. The minimum atomic E-state index is 0.0257. The maximum absolute atomic E-state index is 12.5. The summed E-state index contributed by atoms with van der Waals surface area (Å²) in [5.74, 6) is 1.52. The molecular formula is C15H30N2O. The molecule has 0 heterocycles. The summed E-state index contributed by atoms with van der Waals surface area (Å²) in [5, 5.41) is 0. The first-order chi connectivity index (χ1) is 8.45. The van der Waals surface area contributed by atoms with Crippen molar-refractivity contribution in [3.8, 4) is 0 Å². The summed E-state index contributed by atoms with van der Waals surface area (Å²) < 4.78 is 0. The van der Waals surface area contributed by atoms with Gasteiger partial charge < -0.3 is 10.6 Å². The van der Waals surface area contributed by atoms with Crippen molar-refractivity contribution >= 4 is 5.91 Å². The van der Waals surface area contributed by atoms with Gasteiger partial charge in [0.1, 0.15) is 0 Å². The minimum absolute atomic E-state index is 0.0257. The van der Waals surface area contributed by atoms with E-state index < -0.39 is 0 Å². The molecule has 18 heavy (non-hydrogen) atoms. The van der Waals surface area contributed by atoms with Crippen molar-refractivity contribution in [2.45, 2.75) is 59.4 Å². The number of hydrogen-bond donors (Lipinski definition) is 1. The molecule has 1 unspecified atom stereocenters. The van der Waals surface area contributed by atoms with E-state index in [2.05, 4.69) is 32.6 Å². The van der Waals surface area contributed by atoms with Crippen LogP contribution in [0.2, 0.25) is 0 Å². The summed E-state index contributed by atoms with van der Waals surface area (Å²) in [6.45, 7) is 10.1. The van der Waals surface area contributed by atoms with Crippen LogP contribution in [0.4, 0.5) is 0 Å². The van der Waals surface area contributed by atoms with Crippen LogP contribution in [0.15, 0.2) is 0 Å². The zero-order valence-electron chi connectivity index (χ0n) is 12.5. The zero-order valence-corrected chi connectivity index (χ0v) is 12.5. The second-order valence-electron chi connectivity index (χ2n) is 6.51. The molecule has 0 spiro atoms. The third-order valence-electron chi connectivity index (χ3n) is 3.61. The molecule has 1 rings (SSSR count). The Labute approximate surface area is 112 Å². The van der Waals surface area contributed by atoms with E-state index in [0.29, 0.717) is 30.3 Å². The monoisotopic (exact) mass is 254 g/mol. The number of carbonyl (C=O) groups excluding carboxylic acids is 1. The molecular weight excluding hydrogens is 224 g/mol. The van der Waals surface area contributed by atoms with Gasteiger partial charge in [-0.25, -0.2) is 0 Å². The standard InChI is InChI=1S/C15H30N2O/c1-11(2)7-8-17(14-5-6-14)15(18)13(10-16)9-12(3)4/h11-14H,5-10,16H2,1-4H3. The quantitative estimate of drug-likeness (QED) is 0.724. The van der Waals surface area contributed by atoms with Gasteiger partial charge in [-0.2, -0.15) is 0 Å². The highest BCUT2D eigenvalue weighted by atomic mass is 16.2. The van der Waals surface area contributed by atoms with E-state index in [1.807, 2.05) is 0 Å². The smallest absolute Gasteiger partial charge is 0.227 e. The average Bonchev–Trinajstić information content (AvgIpc) is 3.09. The van der Waals surface area contributed by atoms with Crippen molar-refractivity contribution in [3.05, 3.63) is 0 Å². The molecule has 1 atom stereocenters. The number of carbonyl (C=O) groups is 1. The first-order valence-corrected chi connectivity index (χ1v) is 7.46. The van der Waals surface area contributed by atoms with Gasteiger partial charge in [-0.15, -0.1) is 0 Å². The lowest BCUT2D eigenvalue weighted by molar-refractivity contribution is -0.136. The molecule has 0 saturated heterocycles. The van der Waals surface area contributed by atoms with Crippen LogP contribution in [-0.2, 0) is 4.79 Å². The molecule has 1 saturated carbocycles. The van der Waals surface area contributed by atoms with E-state index >= 15 is 0 Å². The van der Waals surface area contributed by atoms with Gasteiger partial charge in [0.25, 0.3) is 0 Å². The fourth-order valence-electron chi connectivity index (χ4n) is 2.36. The number of nitrogens with two attached hydrogens (primary N) is 1. The second kappa shape index (κ2) is 7.13. The first kappa shape index (κ1) is 15.5. The number of amides is 1. The molecule has 0 radical (unpaired) electrons. The fourth-order valence-corrected chi connectivity index (χ4v) is 2.36. The summed E-state index contributed by atoms with van der Waals surface area (Å²) in [4.78, 5) is 14.7. The molecule has 1 amide bonds. The fraction of sp³-hybridized carbons (Fsp3) is 0.933. The van der Waals surface area contributed by atoms with Gasteiger partial charge in [0.15, 0.2) is 0 Å². The molecule has 1 aliphatic carbocycles. The Bertz CT molecular complexity index is 259. The van der Waals surface area contributed by atoms with E-state index in [9.17, 15) is 4.79 Å². The first-order valence-electron chi connectivity index (χ1n) is 7.46. The van der Waals surface area contributed by atoms with E-state index in [1.165, 1.54) is 12.8 Å². The van der Waals surface area contributed by atoms with Crippen LogP contribution >= 0.6 is 0 Å². The molecule has 3 heteroatoms. The molecule has 0 aromatic heterocycles. The topological polar surface area (TPSA) is 46.3 Å². The maximum Gasteiger partial charge on any atom is 0.227 e. The lowest BCUT2D eigenvalue weighted by Crippen LogP contribution is -2.42. The molecule has 106 valence electrons. The van der Waals surface area contributed by atoms with Gasteiger partial charge in [-0.3, -0.25) is 4.79 Å². The van der Waals surface area contributed by atoms with Crippen molar-refractivity contribution in [3.63, 3.8) is 0 Å². The lowest BCUT2D eigenvalue weighted by atomic mass is 9.95. The average molecular weight is 254 g/mol. The highest BCUT2D eigenvalue weighted by molar-refractivity contribution is 5.79. The van der Waals surface area contributed by atoms with Crippen LogP contribution in [-0.4, -0.2) is 29.9 Å². The van der Waals surface area contributed by atoms with Crippen LogP contribution in [0, 0.1) is 17.8 Å². The molecule has 2 N–H and O–H groups in total. The van der Waals surface area contributed by atoms with Gasteiger partial charge in [0, 0.05) is 19.1 Å². The number of hydrogen-bond acceptors (Lipinski definition) is 2. The van der Waals surface area contributed by atoms with Gasteiger partial charge in [0.2, 0.25) is 5.91 Å². The molecule has 1 fully saturated rings. The van der Waals surface area contributed by atoms with Gasteiger partial charge >= 0.3 is 0 Å². The van der Waals surface area contributed by atoms with Crippen LogP contribution in [0.5, 0.6) is 0 Å². The highest BCUT2D eigenvalue weighted by Crippen LogP contribution is 2.29. The van der Waals surface area contributed by atoms with E-state index in [4.69, 9.17) is 5.73 Å². The third-order valence-corrected chi connectivity index (χ3v) is 3.61. The van der Waals surface area contributed by atoms with E-state index in [0.717, 1.165) is 19.4 Å². The van der Waals surface area contributed by atoms with Crippen molar-refractivity contribution in [1.29, 1.82) is 0 Å². The molecule has 1 aliphatic rings.